The van der Waals surface area contributed by atoms with Gasteiger partial charge in [0.1, 0.15) is 0 Å². The molecule has 1 aromatic heterocycles. The average molecular weight is 155 g/mol. The van der Waals surface area contributed by atoms with E-state index in [0.29, 0.717) is 4.57 Å². The highest BCUT2D eigenvalue weighted by Crippen LogP contribution is 1.64. The van der Waals surface area contributed by atoms with Gasteiger partial charge in [0.2, 0.25) is 0 Å². The lowest BCUT2D eigenvalue weighted by atomic mass is 10.6. The van der Waals surface area contributed by atoms with Crippen molar-refractivity contribution in [3.63, 3.8) is 0 Å². The van der Waals surface area contributed by atoms with Gasteiger partial charge in [-0.3, -0.25) is 4.79 Å². The quantitative estimate of drug-likeness (QED) is 0.475. The summed E-state index contributed by atoms with van der Waals surface area (Å²) in [6.07, 6.45) is 1.14. The van der Waals surface area contributed by atoms with Crippen molar-refractivity contribution >= 4 is 6.03 Å². The van der Waals surface area contributed by atoms with Crippen LogP contribution in [-0.2, 0) is 0 Å². The first-order valence-electron chi connectivity index (χ1n) is 2.73. The van der Waals surface area contributed by atoms with E-state index in [1.807, 2.05) is 0 Å². The van der Waals surface area contributed by atoms with E-state index in [4.69, 9.17) is 5.73 Å². The van der Waals surface area contributed by atoms with E-state index < -0.39 is 17.3 Å². The monoisotopic (exact) mass is 155 g/mol. The molecular formula is C5H5N3O3. The Morgan fingerprint density at radius 2 is 2.18 bits per heavy atom. The van der Waals surface area contributed by atoms with Gasteiger partial charge in [-0.05, 0) is 0 Å². The third-order valence-electron chi connectivity index (χ3n) is 1.08. The fraction of sp³-hybridized carbons (Fsp3) is 0. The zero-order valence-corrected chi connectivity index (χ0v) is 5.40. The minimum absolute atomic E-state index is 0.306. The number of carbonyl (C=O) groups excluding carboxylic acids is 1. The molecule has 1 aromatic rings. The summed E-state index contributed by atoms with van der Waals surface area (Å²) in [4.78, 5) is 33.9. The zero-order chi connectivity index (χ0) is 8.43. The highest BCUT2D eigenvalue weighted by atomic mass is 16.2. The average Bonchev–Trinajstić information content (AvgIpc) is 1.85. The van der Waals surface area contributed by atoms with Gasteiger partial charge in [-0.15, -0.1) is 0 Å². The first kappa shape index (κ1) is 7.26. The van der Waals surface area contributed by atoms with Crippen molar-refractivity contribution in [1.82, 2.24) is 9.55 Å². The Labute approximate surface area is 60.3 Å². The maximum absolute atomic E-state index is 10.7. The molecule has 6 heteroatoms. The Kier molecular flexibility index (Phi) is 1.59. The number of H-pyrrole nitrogens is 1. The number of carbonyl (C=O) groups is 1. The molecule has 0 saturated heterocycles. The Bertz CT molecular complexity index is 360. The lowest BCUT2D eigenvalue weighted by Crippen LogP contribution is -2.42. The lowest BCUT2D eigenvalue weighted by molar-refractivity contribution is 0.248. The summed E-state index contributed by atoms with van der Waals surface area (Å²) >= 11 is 0. The van der Waals surface area contributed by atoms with Crippen LogP contribution in [0.25, 0.3) is 0 Å². The van der Waals surface area contributed by atoms with Gasteiger partial charge in [-0.25, -0.2) is 9.59 Å². The smallest absolute Gasteiger partial charge is 0.336 e. The van der Waals surface area contributed by atoms with Crippen molar-refractivity contribution in [3.05, 3.63) is 33.1 Å². The van der Waals surface area contributed by atoms with Gasteiger partial charge in [-0.2, -0.15) is 4.57 Å². The molecule has 0 fully saturated rings. The van der Waals surface area contributed by atoms with E-state index in [1.54, 1.807) is 0 Å². The molecule has 58 valence electrons. The number of aromatic nitrogens is 2. The summed E-state index contributed by atoms with van der Waals surface area (Å²) < 4.78 is 0.306. The first-order valence-corrected chi connectivity index (χ1v) is 2.73. The van der Waals surface area contributed by atoms with Crippen LogP contribution < -0.4 is 17.0 Å². The number of hydrogen-bond donors (Lipinski definition) is 2. The topological polar surface area (TPSA) is 97.9 Å². The highest BCUT2D eigenvalue weighted by molar-refractivity contribution is 5.73. The van der Waals surface area contributed by atoms with Crippen molar-refractivity contribution in [2.45, 2.75) is 0 Å². The zero-order valence-electron chi connectivity index (χ0n) is 5.40. The fourth-order valence-electron chi connectivity index (χ4n) is 0.632. The number of aromatic amines is 1. The van der Waals surface area contributed by atoms with E-state index >= 15 is 0 Å². The number of primary amides is 1. The Morgan fingerprint density at radius 3 is 2.55 bits per heavy atom. The summed E-state index contributed by atoms with van der Waals surface area (Å²) in [6, 6.07) is -0.0524. The van der Waals surface area contributed by atoms with E-state index in [2.05, 4.69) is 4.98 Å². The molecule has 0 radical (unpaired) electrons. The minimum atomic E-state index is -1.09. The van der Waals surface area contributed by atoms with Crippen LogP contribution in [0.3, 0.4) is 0 Å². The second kappa shape index (κ2) is 2.41. The van der Waals surface area contributed by atoms with Crippen LogP contribution in [0.4, 0.5) is 4.79 Å². The molecule has 6 nitrogen and oxygen atoms in total. The predicted molar refractivity (Wildman–Crippen MR) is 36.3 cm³/mol. The minimum Gasteiger partial charge on any atom is -0.351 e. The molecule has 3 N–H and O–H groups in total. The molecule has 0 saturated carbocycles. The SMILES string of the molecule is NC(=O)n1c(=O)cc[nH]c1=O. The number of amides is 1. The normalized spacial score (nSPS) is 9.45. The van der Waals surface area contributed by atoms with Crippen LogP contribution >= 0.6 is 0 Å². The van der Waals surface area contributed by atoms with Gasteiger partial charge < -0.3 is 10.7 Å². The molecule has 0 unspecified atom stereocenters. The number of hydrogen-bond acceptors (Lipinski definition) is 3. The number of nitrogens with one attached hydrogen (secondary N) is 1. The lowest BCUT2D eigenvalue weighted by Gasteiger charge is -1.93. The number of nitrogens with zero attached hydrogens (tertiary/aromatic N) is 1. The molecule has 1 rings (SSSR count). The van der Waals surface area contributed by atoms with Gasteiger partial charge in [0.05, 0.1) is 0 Å². The molecule has 11 heavy (non-hydrogen) atoms. The third kappa shape index (κ3) is 1.18. The molecule has 0 spiro atoms. The molecule has 1 amide bonds. The van der Waals surface area contributed by atoms with Crippen LogP contribution in [0, 0.1) is 0 Å². The third-order valence-corrected chi connectivity index (χ3v) is 1.08. The van der Waals surface area contributed by atoms with E-state index in [9.17, 15) is 14.4 Å². The molecule has 0 aliphatic heterocycles. The first-order chi connectivity index (χ1) is 5.13. The summed E-state index contributed by atoms with van der Waals surface area (Å²) in [6.45, 7) is 0. The largest absolute Gasteiger partial charge is 0.351 e. The summed E-state index contributed by atoms with van der Waals surface area (Å²) in [7, 11) is 0. The fourth-order valence-corrected chi connectivity index (χ4v) is 0.632. The van der Waals surface area contributed by atoms with Crippen molar-refractivity contribution in [1.29, 1.82) is 0 Å². The summed E-state index contributed by atoms with van der Waals surface area (Å²) in [5.74, 6) is 0. The molecule has 0 aromatic carbocycles. The number of rotatable bonds is 0. The molecule has 0 bridgehead atoms. The molecule has 0 aliphatic carbocycles. The molecule has 0 aliphatic rings. The van der Waals surface area contributed by atoms with Gasteiger partial charge in [-0.1, -0.05) is 0 Å². The van der Waals surface area contributed by atoms with Crippen molar-refractivity contribution < 1.29 is 4.79 Å². The van der Waals surface area contributed by atoms with Crippen molar-refractivity contribution in [2.24, 2.45) is 5.73 Å². The van der Waals surface area contributed by atoms with Gasteiger partial charge in [0.15, 0.2) is 0 Å². The second-order valence-corrected chi connectivity index (χ2v) is 1.79. The maximum atomic E-state index is 10.7. The van der Waals surface area contributed by atoms with Crippen molar-refractivity contribution in [2.75, 3.05) is 0 Å². The molecule has 1 heterocycles. The molecular weight excluding hydrogens is 150 g/mol. The van der Waals surface area contributed by atoms with Gasteiger partial charge in [0.25, 0.3) is 5.56 Å². The van der Waals surface area contributed by atoms with Crippen LogP contribution in [0.2, 0.25) is 0 Å². The van der Waals surface area contributed by atoms with E-state index in [1.165, 1.54) is 0 Å². The Balaban J connectivity index is 3.58. The Hall–Kier alpha value is -1.85. The van der Waals surface area contributed by atoms with Crippen LogP contribution in [-0.4, -0.2) is 15.6 Å². The van der Waals surface area contributed by atoms with Crippen LogP contribution in [0.15, 0.2) is 21.9 Å². The second-order valence-electron chi connectivity index (χ2n) is 1.79. The van der Waals surface area contributed by atoms with Gasteiger partial charge >= 0.3 is 11.7 Å². The summed E-state index contributed by atoms with van der Waals surface area (Å²) in [5, 5.41) is 0. The predicted octanol–water partition coefficient (Wildman–Crippen LogP) is -1.54. The molecule has 0 atom stereocenters. The van der Waals surface area contributed by atoms with E-state index in [-0.39, 0.29) is 0 Å². The maximum Gasteiger partial charge on any atom is 0.336 e. The summed E-state index contributed by atoms with van der Waals surface area (Å²) in [5.41, 5.74) is 3.16. The number of nitrogens with two attached hydrogens (primary N) is 1. The van der Waals surface area contributed by atoms with Crippen LogP contribution in [0.1, 0.15) is 0 Å². The van der Waals surface area contributed by atoms with Crippen LogP contribution in [0.5, 0.6) is 0 Å². The van der Waals surface area contributed by atoms with Crippen molar-refractivity contribution in [3.8, 4) is 0 Å². The van der Waals surface area contributed by atoms with E-state index in [0.717, 1.165) is 12.3 Å². The highest BCUT2D eigenvalue weighted by Gasteiger charge is 2.03. The standard InChI is InChI=1S/C5H5N3O3/c6-4(10)8-3(9)1-2-7-5(8)11/h1-2H,(H2,6,10)(H,7,11). The Morgan fingerprint density at radius 1 is 1.55 bits per heavy atom. The van der Waals surface area contributed by atoms with Gasteiger partial charge in [0, 0.05) is 12.3 Å².